The smallest absolute Gasteiger partial charge is 0.284 e. The van der Waals surface area contributed by atoms with E-state index in [1.807, 2.05) is 11.3 Å². The van der Waals surface area contributed by atoms with Crippen LogP contribution < -0.4 is 10.9 Å². The molecular formula is C15H14BrN3OS. The van der Waals surface area contributed by atoms with Crippen molar-refractivity contribution in [2.75, 3.05) is 5.32 Å². The van der Waals surface area contributed by atoms with Crippen molar-refractivity contribution >= 4 is 33.0 Å². The van der Waals surface area contributed by atoms with Crippen LogP contribution >= 0.6 is 27.3 Å². The largest absolute Gasteiger partial charge is 0.378 e. The molecule has 4 nitrogen and oxygen atoms in total. The number of halogens is 1. The summed E-state index contributed by atoms with van der Waals surface area (Å²) in [6.07, 6.45) is 10.5. The molecule has 1 aliphatic rings. The van der Waals surface area contributed by atoms with Gasteiger partial charge in [-0.15, -0.1) is 17.8 Å². The Morgan fingerprint density at radius 3 is 3.14 bits per heavy atom. The highest BCUT2D eigenvalue weighted by Gasteiger charge is 2.15. The molecule has 2 heterocycles. The van der Waals surface area contributed by atoms with Gasteiger partial charge in [-0.1, -0.05) is 5.92 Å². The molecule has 0 aliphatic heterocycles. The molecule has 2 aromatic heterocycles. The Balaban J connectivity index is 1.74. The summed E-state index contributed by atoms with van der Waals surface area (Å²) < 4.78 is 1.73. The second-order valence-electron chi connectivity index (χ2n) is 4.91. The third kappa shape index (κ3) is 2.89. The number of hydrogen-bond donors (Lipinski definition) is 1. The molecule has 0 saturated heterocycles. The first-order valence-electron chi connectivity index (χ1n) is 6.72. The monoisotopic (exact) mass is 363 g/mol. The summed E-state index contributed by atoms with van der Waals surface area (Å²) in [6, 6.07) is 2.26. The highest BCUT2D eigenvalue weighted by molar-refractivity contribution is 9.10. The maximum Gasteiger partial charge on any atom is 0.284 e. The number of terminal acetylenes is 1. The Morgan fingerprint density at radius 2 is 2.38 bits per heavy atom. The summed E-state index contributed by atoms with van der Waals surface area (Å²) >= 11 is 5.17. The van der Waals surface area contributed by atoms with E-state index in [0.29, 0.717) is 16.7 Å². The molecule has 6 heteroatoms. The molecular weight excluding hydrogens is 350 g/mol. The lowest BCUT2D eigenvalue weighted by molar-refractivity contribution is 0.659. The molecule has 1 N–H and O–H groups in total. The second-order valence-corrected chi connectivity index (χ2v) is 6.92. The minimum atomic E-state index is -0.216. The Labute approximate surface area is 135 Å². The first-order chi connectivity index (χ1) is 10.2. The van der Waals surface area contributed by atoms with Gasteiger partial charge in [0.25, 0.3) is 5.56 Å². The van der Waals surface area contributed by atoms with Crippen molar-refractivity contribution in [2.45, 2.75) is 32.4 Å². The standard InChI is InChI=1S/C15H14BrN3OS/c1-2-6-19-15(20)14(16)12(9-18-19)17-8-11-7-10-4-3-5-13(10)21-11/h1,7,9,17H,3-6,8H2. The molecule has 0 aromatic carbocycles. The zero-order valence-corrected chi connectivity index (χ0v) is 13.8. The first-order valence-corrected chi connectivity index (χ1v) is 8.33. The van der Waals surface area contributed by atoms with Crippen LogP contribution in [0.4, 0.5) is 5.69 Å². The van der Waals surface area contributed by atoms with Crippen molar-refractivity contribution in [3.05, 3.63) is 42.4 Å². The molecule has 0 amide bonds. The van der Waals surface area contributed by atoms with E-state index in [1.165, 1.54) is 39.3 Å². The van der Waals surface area contributed by atoms with E-state index in [1.54, 1.807) is 6.20 Å². The number of anilines is 1. The SMILES string of the molecule is C#CCn1ncc(NCc2cc3c(s2)CCC3)c(Br)c1=O. The van der Waals surface area contributed by atoms with Crippen LogP contribution in [-0.4, -0.2) is 9.78 Å². The van der Waals surface area contributed by atoms with Gasteiger partial charge in [-0.3, -0.25) is 4.79 Å². The van der Waals surface area contributed by atoms with Gasteiger partial charge < -0.3 is 5.32 Å². The average Bonchev–Trinajstić information content (AvgIpc) is 3.04. The third-order valence-electron chi connectivity index (χ3n) is 3.48. The molecule has 0 spiro atoms. The van der Waals surface area contributed by atoms with Crippen molar-refractivity contribution in [1.82, 2.24) is 9.78 Å². The van der Waals surface area contributed by atoms with E-state index in [9.17, 15) is 4.79 Å². The third-order valence-corrected chi connectivity index (χ3v) is 5.48. The van der Waals surface area contributed by atoms with Gasteiger partial charge in [0.05, 0.1) is 11.9 Å². The van der Waals surface area contributed by atoms with Crippen molar-refractivity contribution in [3.63, 3.8) is 0 Å². The molecule has 3 rings (SSSR count). The fourth-order valence-electron chi connectivity index (χ4n) is 2.45. The molecule has 108 valence electrons. The van der Waals surface area contributed by atoms with Crippen LogP contribution in [0.2, 0.25) is 0 Å². The van der Waals surface area contributed by atoms with Crippen molar-refractivity contribution < 1.29 is 0 Å². The van der Waals surface area contributed by atoms with Crippen LogP contribution in [-0.2, 0) is 25.9 Å². The summed E-state index contributed by atoms with van der Waals surface area (Å²) in [5.41, 5.74) is 1.96. The number of aryl methyl sites for hydroxylation is 2. The number of fused-ring (bicyclic) bond motifs is 1. The van der Waals surface area contributed by atoms with Crippen LogP contribution in [0.3, 0.4) is 0 Å². The van der Waals surface area contributed by atoms with Crippen LogP contribution in [0, 0.1) is 12.3 Å². The maximum atomic E-state index is 12.0. The van der Waals surface area contributed by atoms with Crippen molar-refractivity contribution in [3.8, 4) is 12.3 Å². The fourth-order valence-corrected chi connectivity index (χ4v) is 4.10. The molecule has 0 unspecified atom stereocenters. The zero-order chi connectivity index (χ0) is 14.8. The predicted octanol–water partition coefficient (Wildman–Crippen LogP) is 2.80. The van der Waals surface area contributed by atoms with Crippen LogP contribution in [0.25, 0.3) is 0 Å². The Hall–Kier alpha value is -1.58. The number of thiophene rings is 1. The maximum absolute atomic E-state index is 12.0. The summed E-state index contributed by atoms with van der Waals surface area (Å²) in [4.78, 5) is 14.8. The van der Waals surface area contributed by atoms with Gasteiger partial charge in [0.15, 0.2) is 0 Å². The molecule has 0 fully saturated rings. The molecule has 0 bridgehead atoms. The lowest BCUT2D eigenvalue weighted by Gasteiger charge is -2.08. The van der Waals surface area contributed by atoms with Crippen LogP contribution in [0.5, 0.6) is 0 Å². The number of rotatable bonds is 4. The number of aromatic nitrogens is 2. The van der Waals surface area contributed by atoms with E-state index in [4.69, 9.17) is 6.42 Å². The minimum absolute atomic E-state index is 0.176. The predicted molar refractivity (Wildman–Crippen MR) is 88.7 cm³/mol. The molecule has 2 aromatic rings. The zero-order valence-electron chi connectivity index (χ0n) is 11.4. The molecule has 0 saturated carbocycles. The van der Waals surface area contributed by atoms with Gasteiger partial charge in [0.1, 0.15) is 11.0 Å². The van der Waals surface area contributed by atoms with Gasteiger partial charge in [-0.25, -0.2) is 4.68 Å². The van der Waals surface area contributed by atoms with Crippen molar-refractivity contribution in [1.29, 1.82) is 0 Å². The van der Waals surface area contributed by atoms with Crippen LogP contribution in [0.15, 0.2) is 21.5 Å². The molecule has 21 heavy (non-hydrogen) atoms. The Kier molecular flexibility index (Phi) is 4.13. The summed E-state index contributed by atoms with van der Waals surface area (Å²) in [5, 5.41) is 7.33. The van der Waals surface area contributed by atoms with E-state index < -0.39 is 0 Å². The highest BCUT2D eigenvalue weighted by Crippen LogP contribution is 2.31. The lowest BCUT2D eigenvalue weighted by Crippen LogP contribution is -2.24. The Bertz CT molecular complexity index is 751. The van der Waals surface area contributed by atoms with Crippen LogP contribution in [0.1, 0.15) is 21.7 Å². The molecule has 1 aliphatic carbocycles. The average molecular weight is 364 g/mol. The van der Waals surface area contributed by atoms with E-state index in [-0.39, 0.29) is 12.1 Å². The second kappa shape index (κ2) is 6.04. The van der Waals surface area contributed by atoms with E-state index in [0.717, 1.165) is 0 Å². The quantitative estimate of drug-likeness (QED) is 0.849. The Morgan fingerprint density at radius 1 is 1.52 bits per heavy atom. The molecule has 0 atom stereocenters. The first kappa shape index (κ1) is 14.4. The van der Waals surface area contributed by atoms with Gasteiger partial charge in [0.2, 0.25) is 0 Å². The lowest BCUT2D eigenvalue weighted by atomic mass is 10.2. The number of nitrogens with one attached hydrogen (secondary N) is 1. The fraction of sp³-hybridized carbons (Fsp3) is 0.333. The minimum Gasteiger partial charge on any atom is -0.378 e. The summed E-state index contributed by atoms with van der Waals surface area (Å²) in [5.74, 6) is 2.41. The van der Waals surface area contributed by atoms with Gasteiger partial charge >= 0.3 is 0 Å². The van der Waals surface area contributed by atoms with Crippen molar-refractivity contribution in [2.24, 2.45) is 0 Å². The van der Waals surface area contributed by atoms with Gasteiger partial charge in [-0.2, -0.15) is 5.10 Å². The molecule has 0 radical (unpaired) electrons. The normalized spacial score (nSPS) is 13.0. The van der Waals surface area contributed by atoms with Gasteiger partial charge in [-0.05, 0) is 46.8 Å². The van der Waals surface area contributed by atoms with Gasteiger partial charge in [0, 0.05) is 16.3 Å². The number of nitrogens with zero attached hydrogens (tertiary/aromatic N) is 2. The topological polar surface area (TPSA) is 46.9 Å². The summed E-state index contributed by atoms with van der Waals surface area (Å²) in [7, 11) is 0. The van der Waals surface area contributed by atoms with E-state index >= 15 is 0 Å². The summed E-state index contributed by atoms with van der Waals surface area (Å²) in [6.45, 7) is 0.881. The number of hydrogen-bond acceptors (Lipinski definition) is 4. The highest BCUT2D eigenvalue weighted by atomic mass is 79.9. The van der Waals surface area contributed by atoms with E-state index in [2.05, 4.69) is 38.3 Å².